The first-order valence-electron chi connectivity index (χ1n) is 14.8. The van der Waals surface area contributed by atoms with E-state index >= 15 is 0 Å². The first-order valence-corrected chi connectivity index (χ1v) is 14.8. The number of nitrogens with two attached hydrogens (primary N) is 1. The summed E-state index contributed by atoms with van der Waals surface area (Å²) in [4.78, 5) is 11.9. The maximum atomic E-state index is 8.01. The monoisotopic (exact) mass is 583 g/mol. The van der Waals surface area contributed by atoms with Crippen LogP contribution in [0, 0.1) is 5.41 Å². The fourth-order valence-electron chi connectivity index (χ4n) is 5.65. The molecule has 0 unspecified atom stereocenters. The smallest absolute Gasteiger partial charge is 0.228 e. The number of aromatic nitrogens is 6. The third kappa shape index (κ3) is 6.57. The number of rotatable bonds is 12. The van der Waals surface area contributed by atoms with Crippen LogP contribution in [-0.4, -0.2) is 93.8 Å². The Bertz CT molecular complexity index is 1580. The largest absolute Gasteiger partial charge is 0.383 e. The molecular weight excluding hydrogens is 544 g/mol. The van der Waals surface area contributed by atoms with Crippen LogP contribution in [0.25, 0.3) is 28.1 Å². The molecule has 0 spiro atoms. The fourth-order valence-corrected chi connectivity index (χ4v) is 5.65. The van der Waals surface area contributed by atoms with Crippen LogP contribution in [0.15, 0.2) is 48.9 Å². The Morgan fingerprint density at radius 1 is 1.12 bits per heavy atom. The Balaban J connectivity index is 1.21. The second-order valence-electron chi connectivity index (χ2n) is 10.8. The van der Waals surface area contributed by atoms with Crippen LogP contribution in [0.5, 0.6) is 0 Å². The number of morpholine rings is 1. The molecule has 224 valence electrons. The minimum Gasteiger partial charge on any atom is -0.383 e. The Labute approximate surface area is 251 Å². The zero-order valence-electron chi connectivity index (χ0n) is 24.8. The summed E-state index contributed by atoms with van der Waals surface area (Å²) in [6, 6.07) is 10.3. The zero-order valence-corrected chi connectivity index (χ0v) is 24.8. The van der Waals surface area contributed by atoms with Crippen LogP contribution in [0.1, 0.15) is 16.8 Å². The van der Waals surface area contributed by atoms with Gasteiger partial charge in [0.1, 0.15) is 6.20 Å². The van der Waals surface area contributed by atoms with Crippen LogP contribution in [0.4, 0.5) is 11.8 Å². The van der Waals surface area contributed by atoms with Crippen molar-refractivity contribution in [2.75, 3.05) is 58.4 Å². The summed E-state index contributed by atoms with van der Waals surface area (Å²) < 4.78 is 14.4. The van der Waals surface area contributed by atoms with Gasteiger partial charge in [0, 0.05) is 69.6 Å². The van der Waals surface area contributed by atoms with Gasteiger partial charge in [-0.2, -0.15) is 10.2 Å². The van der Waals surface area contributed by atoms with Gasteiger partial charge in [-0.1, -0.05) is 24.3 Å². The van der Waals surface area contributed by atoms with E-state index in [4.69, 9.17) is 25.0 Å². The van der Waals surface area contributed by atoms with Gasteiger partial charge in [0.15, 0.2) is 5.82 Å². The molecule has 12 heteroatoms. The molecule has 6 rings (SSSR count). The second kappa shape index (κ2) is 13.4. The Kier molecular flexibility index (Phi) is 8.99. The molecule has 1 aliphatic heterocycles. The zero-order chi connectivity index (χ0) is 29.6. The van der Waals surface area contributed by atoms with Gasteiger partial charge in [-0.3, -0.25) is 14.3 Å². The van der Waals surface area contributed by atoms with E-state index in [2.05, 4.69) is 56.1 Å². The number of quaternary nitrogens is 1. The third-order valence-corrected chi connectivity index (χ3v) is 7.92. The van der Waals surface area contributed by atoms with Gasteiger partial charge < -0.3 is 25.5 Å². The SMILES string of the molecule is COCCn1ccc(Nc2ncc3c(n2)-c2c(nn(C)c2-c2ccc(C(C=N)=C[NH2+]CCN4CCOCC4)cc2)CC3)n1. The topological polar surface area (TPSA) is 136 Å². The van der Waals surface area contributed by atoms with Crippen LogP contribution in [0.2, 0.25) is 0 Å². The van der Waals surface area contributed by atoms with Crippen LogP contribution in [0.3, 0.4) is 0 Å². The Morgan fingerprint density at radius 3 is 2.74 bits per heavy atom. The van der Waals surface area contributed by atoms with Gasteiger partial charge >= 0.3 is 0 Å². The van der Waals surface area contributed by atoms with Crippen molar-refractivity contribution >= 4 is 23.6 Å². The van der Waals surface area contributed by atoms with Crippen molar-refractivity contribution < 1.29 is 14.8 Å². The molecule has 4 heterocycles. The lowest BCUT2D eigenvalue weighted by Crippen LogP contribution is -2.80. The lowest BCUT2D eigenvalue weighted by atomic mass is 9.91. The standard InChI is InChI=1S/C31H38N10O2/c1-39-30(23-5-3-22(4-6-23)25(19-32)20-33-10-12-40-13-17-43-18-14-40)28-26(37-39)8-7-24-21-34-31(36-29(24)28)35-27-9-11-41(38-27)15-16-42-2/h3-6,9,11,19-21,32-33H,7-8,10,12-18H2,1-2H3,(H,34,35,36,38)/p+1. The highest BCUT2D eigenvalue weighted by atomic mass is 16.5. The quantitative estimate of drug-likeness (QED) is 0.171. The molecule has 4 aromatic rings. The highest BCUT2D eigenvalue weighted by Gasteiger charge is 2.27. The first kappa shape index (κ1) is 28.9. The van der Waals surface area contributed by atoms with Crippen LogP contribution >= 0.6 is 0 Å². The van der Waals surface area contributed by atoms with Crippen molar-refractivity contribution in [2.45, 2.75) is 19.4 Å². The van der Waals surface area contributed by atoms with Gasteiger partial charge in [-0.05, 0) is 24.0 Å². The van der Waals surface area contributed by atoms with Gasteiger partial charge in [-0.25, -0.2) is 9.97 Å². The molecule has 43 heavy (non-hydrogen) atoms. The van der Waals surface area contributed by atoms with Gasteiger partial charge in [0.05, 0.1) is 55.6 Å². The number of fused-ring (bicyclic) bond motifs is 3. The normalized spacial score (nSPS) is 15.3. The number of hydrogen-bond acceptors (Lipinski definition) is 9. The lowest BCUT2D eigenvalue weighted by Gasteiger charge is -2.25. The summed E-state index contributed by atoms with van der Waals surface area (Å²) in [6.07, 6.45) is 8.98. The molecular formula is C31H39N10O2+. The van der Waals surface area contributed by atoms with Crippen LogP contribution < -0.4 is 10.6 Å². The number of allylic oxidation sites excluding steroid dienone is 1. The minimum atomic E-state index is 0.499. The summed E-state index contributed by atoms with van der Waals surface area (Å²) in [5.41, 5.74) is 8.07. The molecule has 0 atom stereocenters. The van der Waals surface area contributed by atoms with E-state index in [1.165, 1.54) is 6.21 Å². The van der Waals surface area contributed by atoms with E-state index in [-0.39, 0.29) is 0 Å². The molecule has 1 fully saturated rings. The van der Waals surface area contributed by atoms with E-state index in [0.717, 1.165) is 97.1 Å². The maximum absolute atomic E-state index is 8.01. The molecule has 0 amide bonds. The molecule has 3 aromatic heterocycles. The first-order chi connectivity index (χ1) is 21.1. The van der Waals surface area contributed by atoms with Gasteiger partial charge in [-0.15, -0.1) is 0 Å². The molecule has 0 bridgehead atoms. The van der Waals surface area contributed by atoms with Gasteiger partial charge in [0.25, 0.3) is 0 Å². The molecule has 1 aliphatic carbocycles. The summed E-state index contributed by atoms with van der Waals surface area (Å²) >= 11 is 0. The molecule has 12 nitrogen and oxygen atoms in total. The van der Waals surface area contributed by atoms with E-state index in [1.807, 2.05) is 34.9 Å². The number of methoxy groups -OCH3 is 1. The lowest BCUT2D eigenvalue weighted by molar-refractivity contribution is -0.586. The van der Waals surface area contributed by atoms with Crippen molar-refractivity contribution in [3.63, 3.8) is 0 Å². The number of nitrogens with one attached hydrogen (secondary N) is 2. The molecule has 1 aromatic carbocycles. The third-order valence-electron chi connectivity index (χ3n) is 7.92. The minimum absolute atomic E-state index is 0.499. The number of ether oxygens (including phenoxy) is 2. The summed E-state index contributed by atoms with van der Waals surface area (Å²) in [7, 11) is 3.67. The number of hydrogen-bond donors (Lipinski definition) is 3. The Morgan fingerprint density at radius 2 is 1.95 bits per heavy atom. The average molecular weight is 584 g/mol. The number of aryl methyl sites for hydroxylation is 3. The maximum Gasteiger partial charge on any atom is 0.228 e. The highest BCUT2D eigenvalue weighted by Crippen LogP contribution is 2.39. The van der Waals surface area contributed by atoms with E-state index in [0.29, 0.717) is 24.9 Å². The van der Waals surface area contributed by atoms with Crippen molar-refractivity contribution in [2.24, 2.45) is 7.05 Å². The molecule has 0 radical (unpaired) electrons. The number of benzene rings is 1. The summed E-state index contributed by atoms with van der Waals surface area (Å²) in [5.74, 6) is 1.18. The highest BCUT2D eigenvalue weighted by molar-refractivity contribution is 6.07. The average Bonchev–Trinajstić information content (AvgIpc) is 3.63. The second-order valence-corrected chi connectivity index (χ2v) is 10.8. The van der Waals surface area contributed by atoms with E-state index < -0.39 is 0 Å². The van der Waals surface area contributed by atoms with Crippen molar-refractivity contribution in [3.8, 4) is 22.5 Å². The van der Waals surface area contributed by atoms with E-state index in [9.17, 15) is 0 Å². The number of anilines is 2. The fraction of sp³-hybridized carbons (Fsp3) is 0.387. The van der Waals surface area contributed by atoms with Crippen LogP contribution in [-0.2, 0) is 35.9 Å². The van der Waals surface area contributed by atoms with Crippen molar-refractivity contribution in [1.29, 1.82) is 5.41 Å². The van der Waals surface area contributed by atoms with Gasteiger partial charge in [0.2, 0.25) is 5.95 Å². The Hall–Kier alpha value is -4.23. The predicted octanol–water partition coefficient (Wildman–Crippen LogP) is 2.12. The molecule has 1 saturated heterocycles. The predicted molar refractivity (Wildman–Crippen MR) is 165 cm³/mol. The molecule has 0 saturated carbocycles. The van der Waals surface area contributed by atoms with Crippen molar-refractivity contribution in [1.82, 2.24) is 34.4 Å². The number of nitrogens with zero attached hydrogens (tertiary/aromatic N) is 7. The molecule has 4 N–H and O–H groups in total. The summed E-state index contributed by atoms with van der Waals surface area (Å²) in [6.45, 7) is 6.83. The van der Waals surface area contributed by atoms with Crippen molar-refractivity contribution in [3.05, 3.63) is 65.7 Å². The van der Waals surface area contributed by atoms with E-state index in [1.54, 1.807) is 7.11 Å². The molecule has 2 aliphatic rings. The summed E-state index contributed by atoms with van der Waals surface area (Å²) in [5, 5.41) is 22.8.